The van der Waals surface area contributed by atoms with E-state index in [4.69, 9.17) is 4.74 Å². The standard InChI is InChI=1S/C18H24FN3O3.ClH/c19-15-4-1-3-14(11-15)12-17(23)21-6-2-7-22(9-8-21)18(24)16-13-20-5-10-25-16;/h1,3-4,11,16,20H,2,5-10,12-13H2;1H. The van der Waals surface area contributed by atoms with E-state index in [1.54, 1.807) is 21.9 Å². The summed E-state index contributed by atoms with van der Waals surface area (Å²) in [6, 6.07) is 6.12. The molecule has 1 aromatic carbocycles. The van der Waals surface area contributed by atoms with Crippen LogP contribution in [-0.4, -0.2) is 73.6 Å². The lowest BCUT2D eigenvalue weighted by molar-refractivity contribution is -0.145. The number of hydrogen-bond donors (Lipinski definition) is 1. The molecule has 0 bridgehead atoms. The third kappa shape index (κ3) is 5.40. The Morgan fingerprint density at radius 2 is 1.96 bits per heavy atom. The number of halogens is 2. The van der Waals surface area contributed by atoms with Gasteiger partial charge in [0.1, 0.15) is 11.9 Å². The van der Waals surface area contributed by atoms with Gasteiger partial charge in [0, 0.05) is 39.3 Å². The molecule has 8 heteroatoms. The van der Waals surface area contributed by atoms with E-state index >= 15 is 0 Å². The van der Waals surface area contributed by atoms with Gasteiger partial charge >= 0.3 is 0 Å². The van der Waals surface area contributed by atoms with Gasteiger partial charge in [0.2, 0.25) is 5.91 Å². The van der Waals surface area contributed by atoms with Crippen LogP contribution in [0.4, 0.5) is 4.39 Å². The van der Waals surface area contributed by atoms with E-state index in [1.165, 1.54) is 12.1 Å². The van der Waals surface area contributed by atoms with Crippen LogP contribution in [0.15, 0.2) is 24.3 Å². The number of hydrogen-bond acceptors (Lipinski definition) is 4. The number of amides is 2. The SMILES string of the molecule is Cl.O=C(Cc1cccc(F)c1)N1CCCN(C(=O)C2CNCCO2)CC1. The molecule has 3 rings (SSSR count). The maximum Gasteiger partial charge on any atom is 0.253 e. The van der Waals surface area contributed by atoms with Gasteiger partial charge in [0.15, 0.2) is 0 Å². The van der Waals surface area contributed by atoms with Gasteiger partial charge in [0.25, 0.3) is 5.91 Å². The summed E-state index contributed by atoms with van der Waals surface area (Å²) in [6.07, 6.45) is 0.491. The Morgan fingerprint density at radius 1 is 1.19 bits per heavy atom. The quantitative estimate of drug-likeness (QED) is 0.837. The largest absolute Gasteiger partial charge is 0.366 e. The lowest BCUT2D eigenvalue weighted by Crippen LogP contribution is -2.50. The van der Waals surface area contributed by atoms with Crippen molar-refractivity contribution in [1.29, 1.82) is 0 Å². The lowest BCUT2D eigenvalue weighted by atomic mass is 10.1. The molecule has 0 radical (unpaired) electrons. The van der Waals surface area contributed by atoms with E-state index in [-0.39, 0.29) is 36.5 Å². The third-order valence-electron chi connectivity index (χ3n) is 4.61. The summed E-state index contributed by atoms with van der Waals surface area (Å²) in [5, 5.41) is 3.16. The van der Waals surface area contributed by atoms with Crippen molar-refractivity contribution < 1.29 is 18.7 Å². The van der Waals surface area contributed by atoms with Gasteiger partial charge in [-0.25, -0.2) is 4.39 Å². The topological polar surface area (TPSA) is 61.9 Å². The van der Waals surface area contributed by atoms with Crippen molar-refractivity contribution in [2.24, 2.45) is 0 Å². The first-order chi connectivity index (χ1) is 12.1. The van der Waals surface area contributed by atoms with Crippen LogP contribution < -0.4 is 5.32 Å². The van der Waals surface area contributed by atoms with Crippen LogP contribution in [0.1, 0.15) is 12.0 Å². The van der Waals surface area contributed by atoms with Crippen molar-refractivity contribution in [1.82, 2.24) is 15.1 Å². The number of benzene rings is 1. The number of nitrogens with one attached hydrogen (secondary N) is 1. The molecule has 0 spiro atoms. The Balaban J connectivity index is 0.00000243. The Morgan fingerprint density at radius 3 is 2.69 bits per heavy atom. The molecule has 2 aliphatic heterocycles. The highest BCUT2D eigenvalue weighted by molar-refractivity contribution is 5.85. The monoisotopic (exact) mass is 385 g/mol. The first kappa shape index (κ1) is 20.6. The summed E-state index contributed by atoms with van der Waals surface area (Å²) < 4.78 is 18.8. The smallest absolute Gasteiger partial charge is 0.253 e. The first-order valence-electron chi connectivity index (χ1n) is 8.77. The highest BCUT2D eigenvalue weighted by atomic mass is 35.5. The Kier molecular flexibility index (Phi) is 7.81. The molecular formula is C18H25ClFN3O3. The predicted octanol–water partition coefficient (Wildman–Crippen LogP) is 0.839. The van der Waals surface area contributed by atoms with Gasteiger partial charge in [-0.15, -0.1) is 12.4 Å². The zero-order chi connectivity index (χ0) is 17.6. The van der Waals surface area contributed by atoms with Crippen molar-refractivity contribution in [3.8, 4) is 0 Å². The maximum atomic E-state index is 13.3. The average Bonchev–Trinajstić information content (AvgIpc) is 2.88. The second kappa shape index (κ2) is 9.85. The molecule has 1 unspecified atom stereocenters. The van der Waals surface area contributed by atoms with Crippen molar-refractivity contribution in [3.63, 3.8) is 0 Å². The van der Waals surface area contributed by atoms with E-state index in [9.17, 15) is 14.0 Å². The van der Waals surface area contributed by atoms with Crippen LogP contribution in [0.5, 0.6) is 0 Å². The highest BCUT2D eigenvalue weighted by Gasteiger charge is 2.29. The fourth-order valence-electron chi connectivity index (χ4n) is 3.25. The van der Waals surface area contributed by atoms with E-state index in [2.05, 4.69) is 5.32 Å². The molecule has 2 aliphatic rings. The molecule has 6 nitrogen and oxygen atoms in total. The van der Waals surface area contributed by atoms with E-state index < -0.39 is 6.10 Å². The second-order valence-corrected chi connectivity index (χ2v) is 6.43. The predicted molar refractivity (Wildman–Crippen MR) is 97.7 cm³/mol. The molecule has 2 amide bonds. The summed E-state index contributed by atoms with van der Waals surface area (Å²) in [7, 11) is 0. The number of carbonyl (C=O) groups excluding carboxylic acids is 2. The van der Waals surface area contributed by atoms with Crippen molar-refractivity contribution >= 4 is 24.2 Å². The zero-order valence-corrected chi connectivity index (χ0v) is 15.5. The van der Waals surface area contributed by atoms with Gasteiger partial charge in [-0.3, -0.25) is 9.59 Å². The van der Waals surface area contributed by atoms with Crippen molar-refractivity contribution in [3.05, 3.63) is 35.6 Å². The van der Waals surface area contributed by atoms with Gasteiger partial charge < -0.3 is 19.9 Å². The van der Waals surface area contributed by atoms with E-state index in [0.717, 1.165) is 13.0 Å². The van der Waals surface area contributed by atoms with Gasteiger partial charge in [-0.05, 0) is 24.1 Å². The molecule has 1 aromatic rings. The normalized spacial score (nSPS) is 20.9. The molecule has 2 fully saturated rings. The summed E-state index contributed by atoms with van der Waals surface area (Å²) in [4.78, 5) is 28.5. The van der Waals surface area contributed by atoms with Crippen LogP contribution in [0.2, 0.25) is 0 Å². The molecule has 1 N–H and O–H groups in total. The third-order valence-corrected chi connectivity index (χ3v) is 4.61. The van der Waals surface area contributed by atoms with Gasteiger partial charge in [0.05, 0.1) is 13.0 Å². The van der Waals surface area contributed by atoms with Crippen LogP contribution in [0.25, 0.3) is 0 Å². The number of nitrogens with zero attached hydrogens (tertiary/aromatic N) is 2. The fraction of sp³-hybridized carbons (Fsp3) is 0.556. The van der Waals surface area contributed by atoms with Crippen LogP contribution in [0, 0.1) is 5.82 Å². The van der Waals surface area contributed by atoms with Crippen LogP contribution in [0.3, 0.4) is 0 Å². The Bertz CT molecular complexity index is 625. The number of morpholine rings is 1. The molecule has 144 valence electrons. The molecular weight excluding hydrogens is 361 g/mol. The zero-order valence-electron chi connectivity index (χ0n) is 14.7. The van der Waals surface area contributed by atoms with Gasteiger partial charge in [-0.1, -0.05) is 12.1 Å². The average molecular weight is 386 g/mol. The lowest BCUT2D eigenvalue weighted by Gasteiger charge is -2.29. The minimum Gasteiger partial charge on any atom is -0.366 e. The maximum absolute atomic E-state index is 13.3. The highest BCUT2D eigenvalue weighted by Crippen LogP contribution is 2.11. The molecule has 2 saturated heterocycles. The van der Waals surface area contributed by atoms with Crippen LogP contribution in [-0.2, 0) is 20.7 Å². The van der Waals surface area contributed by atoms with Crippen molar-refractivity contribution in [2.45, 2.75) is 18.9 Å². The minimum absolute atomic E-state index is 0. The summed E-state index contributed by atoms with van der Waals surface area (Å²) in [5.74, 6) is -0.374. The molecule has 2 heterocycles. The Hall–Kier alpha value is -1.70. The van der Waals surface area contributed by atoms with E-state index in [1.807, 2.05) is 0 Å². The Labute approximate surface area is 159 Å². The summed E-state index contributed by atoms with van der Waals surface area (Å²) in [6.45, 7) is 4.10. The molecule has 0 aliphatic carbocycles. The molecule has 0 saturated carbocycles. The number of carbonyl (C=O) groups is 2. The van der Waals surface area contributed by atoms with Crippen LogP contribution >= 0.6 is 12.4 Å². The molecule has 26 heavy (non-hydrogen) atoms. The van der Waals surface area contributed by atoms with Gasteiger partial charge in [-0.2, -0.15) is 0 Å². The molecule has 0 aromatic heterocycles. The fourth-order valence-corrected chi connectivity index (χ4v) is 3.25. The molecule has 1 atom stereocenters. The number of ether oxygens (including phenoxy) is 1. The number of rotatable bonds is 3. The van der Waals surface area contributed by atoms with Crippen molar-refractivity contribution in [2.75, 3.05) is 45.9 Å². The minimum atomic E-state index is -0.428. The summed E-state index contributed by atoms with van der Waals surface area (Å²) in [5.41, 5.74) is 0.670. The van der Waals surface area contributed by atoms with E-state index in [0.29, 0.717) is 44.9 Å². The summed E-state index contributed by atoms with van der Waals surface area (Å²) >= 11 is 0. The first-order valence-corrected chi connectivity index (χ1v) is 8.77. The second-order valence-electron chi connectivity index (χ2n) is 6.43.